The molecule has 0 aliphatic rings. The van der Waals surface area contributed by atoms with Crippen molar-refractivity contribution in [2.24, 2.45) is 4.99 Å². The Hall–Kier alpha value is -1.72. The highest BCUT2D eigenvalue weighted by molar-refractivity contribution is 7.52. The average molecular weight is 456 g/mol. The molecule has 0 spiro atoms. The van der Waals surface area contributed by atoms with Crippen LogP contribution in [0.25, 0.3) is 0 Å². The second-order valence-corrected chi connectivity index (χ2v) is 7.63. The standard InChI is InChI=1S/C15H17F8N2O3P/c1-24-11(10-6-4-3-5-7-10)25(2)29(26,27-8-14(20,21)12(16)17)28-9-15(22,23)13(18)19/h3-7,12-13H,8-9H2,1-2H3. The van der Waals surface area contributed by atoms with Crippen molar-refractivity contribution in [1.82, 2.24) is 4.67 Å². The van der Waals surface area contributed by atoms with Gasteiger partial charge in [-0.2, -0.15) is 17.6 Å². The molecule has 0 aromatic heterocycles. The smallest absolute Gasteiger partial charge is 0.286 e. The Morgan fingerprint density at radius 2 is 1.41 bits per heavy atom. The molecule has 0 heterocycles. The van der Waals surface area contributed by atoms with Gasteiger partial charge in [-0.15, -0.1) is 0 Å². The quantitative estimate of drug-likeness (QED) is 0.217. The van der Waals surface area contributed by atoms with Gasteiger partial charge in [0.05, 0.1) is 0 Å². The number of benzene rings is 1. The van der Waals surface area contributed by atoms with Gasteiger partial charge in [0.1, 0.15) is 19.0 Å². The highest BCUT2D eigenvalue weighted by Crippen LogP contribution is 2.54. The summed E-state index contributed by atoms with van der Waals surface area (Å²) in [5, 5.41) is 0. The molecule has 0 atom stereocenters. The van der Waals surface area contributed by atoms with Crippen LogP contribution in [-0.2, 0) is 13.6 Å². The van der Waals surface area contributed by atoms with Crippen molar-refractivity contribution in [2.45, 2.75) is 24.7 Å². The first-order valence-corrected chi connectivity index (χ1v) is 9.24. The van der Waals surface area contributed by atoms with Gasteiger partial charge >= 0.3 is 32.4 Å². The van der Waals surface area contributed by atoms with E-state index in [2.05, 4.69) is 14.0 Å². The molecular formula is C15H17F8N2O3P. The summed E-state index contributed by atoms with van der Waals surface area (Å²) in [4.78, 5) is 3.72. The number of rotatable bonds is 10. The molecule has 0 fully saturated rings. The van der Waals surface area contributed by atoms with E-state index in [0.717, 1.165) is 14.1 Å². The van der Waals surface area contributed by atoms with Crippen LogP contribution < -0.4 is 0 Å². The second-order valence-electron chi connectivity index (χ2n) is 5.58. The van der Waals surface area contributed by atoms with Gasteiger partial charge in [0.2, 0.25) is 0 Å². The molecule has 1 aromatic rings. The van der Waals surface area contributed by atoms with Gasteiger partial charge < -0.3 is 0 Å². The molecule has 166 valence electrons. The van der Waals surface area contributed by atoms with E-state index in [1.165, 1.54) is 24.3 Å². The van der Waals surface area contributed by atoms with E-state index in [1.807, 2.05) is 0 Å². The van der Waals surface area contributed by atoms with Gasteiger partial charge in [0.15, 0.2) is 0 Å². The Bertz CT molecular complexity index is 706. The van der Waals surface area contributed by atoms with E-state index in [1.54, 1.807) is 6.07 Å². The minimum absolute atomic E-state index is 0.200. The molecule has 14 heteroatoms. The molecule has 0 saturated carbocycles. The number of halogens is 8. The Morgan fingerprint density at radius 3 is 1.76 bits per heavy atom. The second kappa shape index (κ2) is 9.86. The van der Waals surface area contributed by atoms with Gasteiger partial charge in [0, 0.05) is 19.7 Å². The van der Waals surface area contributed by atoms with Gasteiger partial charge in [-0.05, 0) is 0 Å². The predicted molar refractivity (Wildman–Crippen MR) is 88.1 cm³/mol. The first kappa shape index (κ1) is 25.3. The SMILES string of the molecule is CN=C(c1ccccc1)N(C)P(=O)(OCC(F)(F)C(F)F)OCC(F)(F)C(F)F. The molecular weight excluding hydrogens is 439 g/mol. The number of hydrogen-bond acceptors (Lipinski definition) is 4. The van der Waals surface area contributed by atoms with Gasteiger partial charge in [0.25, 0.3) is 0 Å². The van der Waals surface area contributed by atoms with E-state index in [0.29, 0.717) is 4.67 Å². The topological polar surface area (TPSA) is 51.1 Å². The number of hydrogen-bond donors (Lipinski definition) is 0. The first-order chi connectivity index (χ1) is 13.3. The number of amidine groups is 1. The maximum Gasteiger partial charge on any atom is 0.436 e. The van der Waals surface area contributed by atoms with Gasteiger partial charge in [-0.25, -0.2) is 22.1 Å². The summed E-state index contributed by atoms with van der Waals surface area (Å²) in [6.07, 6.45) is -8.45. The summed E-state index contributed by atoms with van der Waals surface area (Å²) in [6, 6.07) is 7.39. The number of nitrogens with zero attached hydrogens (tertiary/aromatic N) is 2. The van der Waals surface area contributed by atoms with Gasteiger partial charge in [-0.3, -0.25) is 18.7 Å². The Balaban J connectivity index is 3.22. The maximum absolute atomic E-state index is 13.2. The fourth-order valence-electron chi connectivity index (χ4n) is 1.84. The molecule has 5 nitrogen and oxygen atoms in total. The summed E-state index contributed by atoms with van der Waals surface area (Å²) in [5.74, 6) is -9.89. The zero-order valence-electron chi connectivity index (χ0n) is 15.0. The van der Waals surface area contributed by atoms with Gasteiger partial charge in [-0.1, -0.05) is 30.3 Å². The van der Waals surface area contributed by atoms with Crippen molar-refractivity contribution in [3.63, 3.8) is 0 Å². The third-order valence-electron chi connectivity index (χ3n) is 3.40. The van der Waals surface area contributed by atoms with E-state index in [-0.39, 0.29) is 11.4 Å². The molecule has 1 rings (SSSR count). The van der Waals surface area contributed by atoms with Crippen molar-refractivity contribution in [1.29, 1.82) is 0 Å². The highest BCUT2D eigenvalue weighted by Gasteiger charge is 2.48. The summed E-state index contributed by atoms with van der Waals surface area (Å²) in [6.45, 7) is -4.36. The molecule has 0 amide bonds. The molecule has 0 radical (unpaired) electrons. The van der Waals surface area contributed by atoms with E-state index in [9.17, 15) is 39.7 Å². The molecule has 0 N–H and O–H groups in total. The third kappa shape index (κ3) is 6.65. The third-order valence-corrected chi connectivity index (χ3v) is 5.23. The summed E-state index contributed by atoms with van der Waals surface area (Å²) < 4.78 is 124. The summed E-state index contributed by atoms with van der Waals surface area (Å²) in [5.41, 5.74) is 0.200. The van der Waals surface area contributed by atoms with Crippen LogP contribution in [0, 0.1) is 0 Å². The lowest BCUT2D eigenvalue weighted by Gasteiger charge is -2.31. The normalized spacial score (nSPS) is 14.0. The molecule has 0 aliphatic heterocycles. The minimum atomic E-state index is -5.24. The highest BCUT2D eigenvalue weighted by atomic mass is 31.2. The largest absolute Gasteiger partial charge is 0.436 e. The average Bonchev–Trinajstić information content (AvgIpc) is 2.66. The molecule has 0 saturated heterocycles. The van der Waals surface area contributed by atoms with E-state index < -0.39 is 45.7 Å². The Morgan fingerprint density at radius 1 is 1.00 bits per heavy atom. The zero-order chi connectivity index (χ0) is 22.5. The van der Waals surface area contributed by atoms with Crippen molar-refractivity contribution in [3.8, 4) is 0 Å². The van der Waals surface area contributed by atoms with Crippen molar-refractivity contribution in [3.05, 3.63) is 35.9 Å². The lowest BCUT2D eigenvalue weighted by Crippen LogP contribution is -2.37. The fraction of sp³-hybridized carbons (Fsp3) is 0.533. The summed E-state index contributed by atoms with van der Waals surface area (Å²) in [7, 11) is -3.22. The first-order valence-electron chi connectivity index (χ1n) is 7.74. The van der Waals surface area contributed by atoms with Crippen molar-refractivity contribution in [2.75, 3.05) is 27.3 Å². The van der Waals surface area contributed by atoms with Crippen LogP contribution in [0.3, 0.4) is 0 Å². The zero-order valence-corrected chi connectivity index (χ0v) is 15.9. The van der Waals surface area contributed by atoms with E-state index in [4.69, 9.17) is 0 Å². The van der Waals surface area contributed by atoms with Crippen LogP contribution in [0.5, 0.6) is 0 Å². The molecule has 0 aliphatic carbocycles. The predicted octanol–water partition coefficient (Wildman–Crippen LogP) is 4.94. The van der Waals surface area contributed by atoms with Crippen LogP contribution in [0.1, 0.15) is 5.56 Å². The molecule has 0 bridgehead atoms. The monoisotopic (exact) mass is 456 g/mol. The Kier molecular flexibility index (Phi) is 8.60. The van der Waals surface area contributed by atoms with Crippen LogP contribution in [0.2, 0.25) is 0 Å². The van der Waals surface area contributed by atoms with Crippen molar-refractivity contribution >= 4 is 13.6 Å². The lowest BCUT2D eigenvalue weighted by atomic mass is 10.2. The summed E-state index contributed by atoms with van der Waals surface area (Å²) >= 11 is 0. The van der Waals surface area contributed by atoms with Crippen LogP contribution >= 0.6 is 7.75 Å². The minimum Gasteiger partial charge on any atom is -0.286 e. The molecule has 1 aromatic carbocycles. The van der Waals surface area contributed by atoms with Crippen LogP contribution in [-0.4, -0.2) is 62.5 Å². The molecule has 0 unspecified atom stereocenters. The molecule has 29 heavy (non-hydrogen) atoms. The maximum atomic E-state index is 13.2. The number of aliphatic imine (C=N–C) groups is 1. The van der Waals surface area contributed by atoms with E-state index >= 15 is 0 Å². The Labute approximate surface area is 160 Å². The lowest BCUT2D eigenvalue weighted by molar-refractivity contribution is -0.160. The number of alkyl halides is 8. The van der Waals surface area contributed by atoms with Crippen molar-refractivity contribution < 1.29 is 48.7 Å². The van der Waals surface area contributed by atoms with Crippen LogP contribution in [0.15, 0.2) is 35.3 Å². The fourth-order valence-corrected chi connectivity index (χ4v) is 3.36. The van der Waals surface area contributed by atoms with Crippen LogP contribution in [0.4, 0.5) is 35.1 Å².